The highest BCUT2D eigenvalue weighted by Gasteiger charge is 2.54. The van der Waals surface area contributed by atoms with Gasteiger partial charge in [0, 0.05) is 0 Å². The third-order valence-corrected chi connectivity index (χ3v) is 3.57. The Hall–Kier alpha value is -1.06. The molecule has 1 fully saturated rings. The van der Waals surface area contributed by atoms with Gasteiger partial charge < -0.3 is 35.0 Å². The second kappa shape index (κ2) is 6.80. The van der Waals surface area contributed by atoms with Crippen LogP contribution in [-0.2, 0) is 16.1 Å². The molecule has 0 spiro atoms. The molecule has 2 rings (SSSR count). The number of hydrogen-bond acceptors (Lipinski definition) is 7. The second-order valence-electron chi connectivity index (χ2n) is 5.11. The van der Waals surface area contributed by atoms with Crippen molar-refractivity contribution in [3.8, 4) is 0 Å². The first kappa shape index (κ1) is 16.3. The van der Waals surface area contributed by atoms with Crippen LogP contribution in [0.25, 0.3) is 0 Å². The van der Waals surface area contributed by atoms with Crippen LogP contribution in [0.4, 0.5) is 0 Å². The van der Waals surface area contributed by atoms with Gasteiger partial charge in [0.25, 0.3) is 0 Å². The molecule has 5 atom stereocenters. The van der Waals surface area contributed by atoms with Crippen molar-refractivity contribution in [1.82, 2.24) is 0 Å². The van der Waals surface area contributed by atoms with Crippen molar-refractivity contribution in [2.24, 2.45) is 0 Å². The standard InChI is InChI=1S/C14H20O7/c15-6-10-11(16)12(17)14(19,13(18)21-10)8-20-7-9-4-2-1-3-5-9/h1-5,10-13,15-19H,6-8H2. The largest absolute Gasteiger partial charge is 0.394 e. The lowest BCUT2D eigenvalue weighted by Gasteiger charge is -2.45. The van der Waals surface area contributed by atoms with E-state index in [0.717, 1.165) is 5.56 Å². The Morgan fingerprint density at radius 2 is 1.81 bits per heavy atom. The molecule has 1 aliphatic rings. The summed E-state index contributed by atoms with van der Waals surface area (Å²) in [5.74, 6) is 0. The normalized spacial score (nSPS) is 36.6. The van der Waals surface area contributed by atoms with E-state index in [0.29, 0.717) is 0 Å². The number of aliphatic hydroxyl groups excluding tert-OH is 4. The fourth-order valence-electron chi connectivity index (χ4n) is 2.22. The quantitative estimate of drug-likeness (QED) is 0.442. The van der Waals surface area contributed by atoms with Gasteiger partial charge in [-0.1, -0.05) is 30.3 Å². The number of hydrogen-bond donors (Lipinski definition) is 5. The van der Waals surface area contributed by atoms with E-state index in [-0.39, 0.29) is 6.61 Å². The van der Waals surface area contributed by atoms with Crippen molar-refractivity contribution in [2.45, 2.75) is 36.8 Å². The minimum Gasteiger partial charge on any atom is -0.394 e. The Morgan fingerprint density at radius 1 is 1.14 bits per heavy atom. The molecule has 5 N–H and O–H groups in total. The molecule has 118 valence electrons. The number of ether oxygens (including phenoxy) is 2. The zero-order chi connectivity index (χ0) is 15.5. The maximum absolute atomic E-state index is 10.3. The van der Waals surface area contributed by atoms with Gasteiger partial charge >= 0.3 is 0 Å². The predicted octanol–water partition coefficient (Wildman–Crippen LogP) is -1.63. The van der Waals surface area contributed by atoms with E-state index in [9.17, 15) is 20.4 Å². The first-order valence-electron chi connectivity index (χ1n) is 6.63. The Bertz CT molecular complexity index is 440. The topological polar surface area (TPSA) is 120 Å². The molecule has 1 heterocycles. The van der Waals surface area contributed by atoms with E-state index in [2.05, 4.69) is 0 Å². The average Bonchev–Trinajstić information content (AvgIpc) is 2.50. The summed E-state index contributed by atoms with van der Waals surface area (Å²) in [6, 6.07) is 9.16. The number of benzene rings is 1. The molecular weight excluding hydrogens is 280 g/mol. The van der Waals surface area contributed by atoms with Crippen molar-refractivity contribution in [3.05, 3.63) is 35.9 Å². The molecule has 0 amide bonds. The van der Waals surface area contributed by atoms with Crippen LogP contribution in [0.5, 0.6) is 0 Å². The number of rotatable bonds is 5. The van der Waals surface area contributed by atoms with E-state index in [1.807, 2.05) is 30.3 Å². The minimum atomic E-state index is -2.17. The SMILES string of the molecule is OCC1OC(O)C(O)(COCc2ccccc2)C(O)C1O. The Labute approximate surface area is 122 Å². The van der Waals surface area contributed by atoms with E-state index in [1.165, 1.54) is 0 Å². The van der Waals surface area contributed by atoms with Gasteiger partial charge in [-0.2, -0.15) is 0 Å². The summed E-state index contributed by atoms with van der Waals surface area (Å²) in [6.45, 7) is -0.849. The van der Waals surface area contributed by atoms with Gasteiger partial charge in [-0.25, -0.2) is 0 Å². The summed E-state index contributed by atoms with van der Waals surface area (Å²) in [5.41, 5.74) is -1.31. The highest BCUT2D eigenvalue weighted by molar-refractivity contribution is 5.13. The fourth-order valence-corrected chi connectivity index (χ4v) is 2.22. The molecule has 21 heavy (non-hydrogen) atoms. The highest BCUT2D eigenvalue weighted by atomic mass is 16.6. The molecule has 1 aromatic carbocycles. The summed E-state index contributed by atoms with van der Waals surface area (Å²) in [6.07, 6.45) is -6.16. The Kier molecular flexibility index (Phi) is 5.28. The summed E-state index contributed by atoms with van der Waals surface area (Å²) >= 11 is 0. The summed E-state index contributed by atoms with van der Waals surface area (Å²) in [4.78, 5) is 0. The van der Waals surface area contributed by atoms with Crippen LogP contribution in [0.2, 0.25) is 0 Å². The molecule has 1 saturated heterocycles. The fraction of sp³-hybridized carbons (Fsp3) is 0.571. The Balaban J connectivity index is 1.97. The lowest BCUT2D eigenvalue weighted by atomic mass is 9.87. The molecule has 5 unspecified atom stereocenters. The Morgan fingerprint density at radius 3 is 2.43 bits per heavy atom. The predicted molar refractivity (Wildman–Crippen MR) is 71.0 cm³/mol. The van der Waals surface area contributed by atoms with Gasteiger partial charge in [0.1, 0.15) is 18.3 Å². The van der Waals surface area contributed by atoms with Crippen molar-refractivity contribution in [2.75, 3.05) is 13.2 Å². The van der Waals surface area contributed by atoms with Crippen molar-refractivity contribution >= 4 is 0 Å². The molecule has 0 aromatic heterocycles. The van der Waals surface area contributed by atoms with Crippen LogP contribution in [0.1, 0.15) is 5.56 Å². The van der Waals surface area contributed by atoms with Gasteiger partial charge in [-0.15, -0.1) is 0 Å². The maximum atomic E-state index is 10.3. The van der Waals surface area contributed by atoms with Crippen LogP contribution in [0.3, 0.4) is 0 Å². The van der Waals surface area contributed by atoms with Crippen LogP contribution in [0, 0.1) is 0 Å². The third-order valence-electron chi connectivity index (χ3n) is 3.57. The molecule has 0 saturated carbocycles. The third kappa shape index (κ3) is 3.41. The van der Waals surface area contributed by atoms with Crippen molar-refractivity contribution in [1.29, 1.82) is 0 Å². The summed E-state index contributed by atoms with van der Waals surface area (Å²) in [7, 11) is 0. The van der Waals surface area contributed by atoms with Crippen LogP contribution < -0.4 is 0 Å². The van der Waals surface area contributed by atoms with Gasteiger partial charge in [0.05, 0.1) is 19.8 Å². The van der Waals surface area contributed by atoms with Gasteiger partial charge in [0.2, 0.25) is 0 Å². The zero-order valence-corrected chi connectivity index (χ0v) is 11.4. The van der Waals surface area contributed by atoms with E-state index >= 15 is 0 Å². The summed E-state index contributed by atoms with van der Waals surface area (Å²) < 4.78 is 10.2. The molecule has 0 aliphatic carbocycles. The first-order chi connectivity index (χ1) is 9.99. The lowest BCUT2D eigenvalue weighted by Crippen LogP contribution is -2.68. The van der Waals surface area contributed by atoms with E-state index < -0.39 is 43.4 Å². The van der Waals surface area contributed by atoms with Crippen molar-refractivity contribution < 1.29 is 35.0 Å². The van der Waals surface area contributed by atoms with Gasteiger partial charge in [0.15, 0.2) is 11.9 Å². The average molecular weight is 300 g/mol. The minimum absolute atomic E-state index is 0.169. The monoisotopic (exact) mass is 300 g/mol. The van der Waals surface area contributed by atoms with Crippen LogP contribution >= 0.6 is 0 Å². The summed E-state index contributed by atoms with van der Waals surface area (Å²) in [5, 5.41) is 48.7. The molecular formula is C14H20O7. The lowest BCUT2D eigenvalue weighted by molar-refractivity contribution is -0.338. The second-order valence-corrected chi connectivity index (χ2v) is 5.11. The molecule has 0 bridgehead atoms. The highest BCUT2D eigenvalue weighted by Crippen LogP contribution is 2.29. The molecule has 7 nitrogen and oxygen atoms in total. The molecule has 0 radical (unpaired) electrons. The molecule has 7 heteroatoms. The van der Waals surface area contributed by atoms with Gasteiger partial charge in [-0.05, 0) is 5.56 Å². The van der Waals surface area contributed by atoms with E-state index in [1.54, 1.807) is 0 Å². The van der Waals surface area contributed by atoms with Crippen molar-refractivity contribution in [3.63, 3.8) is 0 Å². The van der Waals surface area contributed by atoms with E-state index in [4.69, 9.17) is 14.6 Å². The van der Waals surface area contributed by atoms with Crippen LogP contribution in [0.15, 0.2) is 30.3 Å². The molecule has 1 aliphatic heterocycles. The molecule has 1 aromatic rings. The zero-order valence-electron chi connectivity index (χ0n) is 11.4. The van der Waals surface area contributed by atoms with Crippen LogP contribution in [-0.4, -0.2) is 68.9 Å². The van der Waals surface area contributed by atoms with Gasteiger partial charge in [-0.3, -0.25) is 0 Å². The first-order valence-corrected chi connectivity index (χ1v) is 6.63. The number of aliphatic hydroxyl groups is 5. The maximum Gasteiger partial charge on any atom is 0.189 e. The smallest absolute Gasteiger partial charge is 0.189 e.